The van der Waals surface area contributed by atoms with Crippen molar-refractivity contribution in [2.75, 3.05) is 10.7 Å². The Morgan fingerprint density at radius 3 is 2.60 bits per heavy atom. The first kappa shape index (κ1) is 14.9. The molecule has 0 radical (unpaired) electrons. The highest BCUT2D eigenvalue weighted by Gasteiger charge is 2.11. The summed E-state index contributed by atoms with van der Waals surface area (Å²) in [6.45, 7) is 0. The van der Waals surface area contributed by atoms with Gasteiger partial charge in [0.05, 0.1) is 10.7 Å². The smallest absolute Gasteiger partial charge is 0.255 e. The van der Waals surface area contributed by atoms with Gasteiger partial charge in [0.15, 0.2) is 0 Å². The molecule has 1 amide bonds. The summed E-state index contributed by atoms with van der Waals surface area (Å²) in [5.74, 6) is 5.11. The summed E-state index contributed by atoms with van der Waals surface area (Å²) in [5.41, 5.74) is 3.01. The zero-order valence-corrected chi connectivity index (χ0v) is 12.2. The molecular formula is C12H9Cl3N4O. The Morgan fingerprint density at radius 1 is 1.15 bits per heavy atom. The van der Waals surface area contributed by atoms with Gasteiger partial charge in [-0.25, -0.2) is 10.8 Å². The average molecular weight is 332 g/mol. The SMILES string of the molecule is NNc1cc(C(=O)Nc2cc(Cl)ccc2Cl)cc(Cl)n1. The molecule has 5 nitrogen and oxygen atoms in total. The fraction of sp³-hybridized carbons (Fsp3) is 0. The first-order chi connectivity index (χ1) is 9.49. The topological polar surface area (TPSA) is 80.0 Å². The Hall–Kier alpha value is -1.53. The van der Waals surface area contributed by atoms with Crippen LogP contribution in [-0.2, 0) is 0 Å². The van der Waals surface area contributed by atoms with E-state index in [0.717, 1.165) is 0 Å². The highest BCUT2D eigenvalue weighted by molar-refractivity contribution is 6.36. The summed E-state index contributed by atoms with van der Waals surface area (Å²) >= 11 is 17.6. The van der Waals surface area contributed by atoms with Crippen LogP contribution in [0.2, 0.25) is 15.2 Å². The second-order valence-electron chi connectivity index (χ2n) is 3.79. The second-order valence-corrected chi connectivity index (χ2v) is 5.02. The van der Waals surface area contributed by atoms with Gasteiger partial charge in [-0.15, -0.1) is 0 Å². The molecule has 0 aliphatic rings. The molecule has 0 fully saturated rings. The summed E-state index contributed by atoms with van der Waals surface area (Å²) in [5, 5.41) is 3.61. The normalized spacial score (nSPS) is 10.2. The van der Waals surface area contributed by atoms with Gasteiger partial charge < -0.3 is 10.7 Å². The maximum absolute atomic E-state index is 12.1. The van der Waals surface area contributed by atoms with Crippen molar-refractivity contribution in [2.45, 2.75) is 0 Å². The average Bonchev–Trinajstić information content (AvgIpc) is 2.42. The lowest BCUT2D eigenvalue weighted by molar-refractivity contribution is 0.102. The van der Waals surface area contributed by atoms with E-state index in [1.54, 1.807) is 18.2 Å². The minimum atomic E-state index is -0.407. The molecule has 20 heavy (non-hydrogen) atoms. The lowest BCUT2D eigenvalue weighted by Gasteiger charge is -2.09. The fourth-order valence-electron chi connectivity index (χ4n) is 1.49. The number of benzene rings is 1. The van der Waals surface area contributed by atoms with Crippen molar-refractivity contribution in [2.24, 2.45) is 5.84 Å². The number of aromatic nitrogens is 1. The van der Waals surface area contributed by atoms with E-state index in [1.807, 2.05) is 0 Å². The first-order valence-electron chi connectivity index (χ1n) is 5.40. The molecule has 0 bridgehead atoms. The number of pyridine rings is 1. The van der Waals surface area contributed by atoms with Crippen molar-refractivity contribution in [3.63, 3.8) is 0 Å². The summed E-state index contributed by atoms with van der Waals surface area (Å²) in [6.07, 6.45) is 0. The predicted octanol–water partition coefficient (Wildman–Crippen LogP) is 3.58. The molecule has 0 aliphatic heterocycles. The molecule has 1 aromatic heterocycles. The van der Waals surface area contributed by atoms with Gasteiger partial charge in [0.2, 0.25) is 0 Å². The fourth-order valence-corrected chi connectivity index (χ4v) is 2.04. The van der Waals surface area contributed by atoms with Crippen LogP contribution in [0.4, 0.5) is 11.5 Å². The van der Waals surface area contributed by atoms with Crippen LogP contribution >= 0.6 is 34.8 Å². The van der Waals surface area contributed by atoms with E-state index < -0.39 is 5.91 Å². The van der Waals surface area contributed by atoms with Crippen molar-refractivity contribution in [3.8, 4) is 0 Å². The standard InChI is InChI=1S/C12H9Cl3N4O/c13-7-1-2-8(14)9(5-7)17-12(20)6-3-10(15)18-11(4-6)19-16/h1-5H,16H2,(H,17,20)(H,18,19). The summed E-state index contributed by atoms with van der Waals surface area (Å²) in [7, 11) is 0. The van der Waals surface area contributed by atoms with Gasteiger partial charge in [0.25, 0.3) is 5.91 Å². The van der Waals surface area contributed by atoms with Crippen LogP contribution in [0.25, 0.3) is 0 Å². The molecule has 2 rings (SSSR count). The van der Waals surface area contributed by atoms with Gasteiger partial charge >= 0.3 is 0 Å². The molecule has 0 atom stereocenters. The maximum Gasteiger partial charge on any atom is 0.255 e. The zero-order chi connectivity index (χ0) is 14.7. The molecule has 104 valence electrons. The van der Waals surface area contributed by atoms with Crippen molar-refractivity contribution >= 4 is 52.2 Å². The van der Waals surface area contributed by atoms with E-state index >= 15 is 0 Å². The zero-order valence-electron chi connectivity index (χ0n) is 9.95. The highest BCUT2D eigenvalue weighted by atomic mass is 35.5. The highest BCUT2D eigenvalue weighted by Crippen LogP contribution is 2.26. The summed E-state index contributed by atoms with van der Waals surface area (Å²) in [6, 6.07) is 7.63. The summed E-state index contributed by atoms with van der Waals surface area (Å²) in [4.78, 5) is 16.0. The molecule has 1 aromatic carbocycles. The molecule has 0 saturated carbocycles. The first-order valence-corrected chi connectivity index (χ1v) is 6.53. The van der Waals surface area contributed by atoms with E-state index in [-0.39, 0.29) is 16.5 Å². The number of carbonyl (C=O) groups excluding carboxylic acids is 1. The number of hydrogen-bond acceptors (Lipinski definition) is 4. The lowest BCUT2D eigenvalue weighted by atomic mass is 10.2. The van der Waals surface area contributed by atoms with Gasteiger partial charge in [-0.05, 0) is 30.3 Å². The third-order valence-corrected chi connectivity index (χ3v) is 3.14. The number of halogens is 3. The van der Waals surface area contributed by atoms with E-state index in [0.29, 0.717) is 15.7 Å². The number of nitrogens with two attached hydrogens (primary N) is 1. The van der Waals surface area contributed by atoms with Crippen LogP contribution in [0.15, 0.2) is 30.3 Å². The molecule has 0 saturated heterocycles. The third-order valence-electron chi connectivity index (χ3n) is 2.38. The van der Waals surface area contributed by atoms with E-state index in [4.69, 9.17) is 40.6 Å². The van der Waals surface area contributed by atoms with Crippen molar-refractivity contribution in [1.82, 2.24) is 4.98 Å². The molecule has 2 aromatic rings. The maximum atomic E-state index is 12.1. The van der Waals surface area contributed by atoms with Crippen molar-refractivity contribution < 1.29 is 4.79 Å². The molecule has 1 heterocycles. The number of hydrogen-bond donors (Lipinski definition) is 3. The van der Waals surface area contributed by atoms with Crippen LogP contribution in [-0.4, -0.2) is 10.9 Å². The van der Waals surface area contributed by atoms with Crippen molar-refractivity contribution in [1.29, 1.82) is 0 Å². The van der Waals surface area contributed by atoms with E-state index in [1.165, 1.54) is 12.1 Å². The van der Waals surface area contributed by atoms with Crippen LogP contribution in [0.3, 0.4) is 0 Å². The lowest BCUT2D eigenvalue weighted by Crippen LogP contribution is -2.15. The Balaban J connectivity index is 2.28. The predicted molar refractivity (Wildman–Crippen MR) is 81.5 cm³/mol. The van der Waals surface area contributed by atoms with E-state index in [9.17, 15) is 4.79 Å². The minimum Gasteiger partial charge on any atom is -0.321 e. The quantitative estimate of drug-likeness (QED) is 0.456. The van der Waals surface area contributed by atoms with Crippen LogP contribution in [0.5, 0.6) is 0 Å². The summed E-state index contributed by atoms with van der Waals surface area (Å²) < 4.78 is 0. The number of hydrazine groups is 1. The second kappa shape index (κ2) is 6.28. The van der Waals surface area contributed by atoms with Crippen molar-refractivity contribution in [3.05, 3.63) is 51.1 Å². The molecule has 8 heteroatoms. The Kier molecular flexibility index (Phi) is 4.67. The molecule has 4 N–H and O–H groups in total. The molecule has 0 aliphatic carbocycles. The van der Waals surface area contributed by atoms with Gasteiger partial charge in [-0.3, -0.25) is 4.79 Å². The number of anilines is 2. The molecule has 0 spiro atoms. The van der Waals surface area contributed by atoms with Crippen LogP contribution in [0, 0.1) is 0 Å². The van der Waals surface area contributed by atoms with Gasteiger partial charge in [-0.2, -0.15) is 0 Å². The molecule has 0 unspecified atom stereocenters. The Bertz CT molecular complexity index is 663. The van der Waals surface area contributed by atoms with Crippen LogP contribution in [0.1, 0.15) is 10.4 Å². The van der Waals surface area contributed by atoms with Gasteiger partial charge in [0, 0.05) is 10.6 Å². The third kappa shape index (κ3) is 3.52. The number of rotatable bonds is 3. The number of nitrogen functional groups attached to an aromatic ring is 1. The van der Waals surface area contributed by atoms with E-state index in [2.05, 4.69) is 15.7 Å². The molecular weight excluding hydrogens is 323 g/mol. The number of nitrogens with zero attached hydrogens (tertiary/aromatic N) is 1. The van der Waals surface area contributed by atoms with Gasteiger partial charge in [0.1, 0.15) is 11.0 Å². The largest absolute Gasteiger partial charge is 0.321 e. The Morgan fingerprint density at radius 2 is 1.90 bits per heavy atom. The Labute approximate surface area is 130 Å². The number of nitrogens with one attached hydrogen (secondary N) is 2. The van der Waals surface area contributed by atoms with Crippen LogP contribution < -0.4 is 16.6 Å². The monoisotopic (exact) mass is 330 g/mol. The number of carbonyl (C=O) groups is 1. The van der Waals surface area contributed by atoms with Gasteiger partial charge in [-0.1, -0.05) is 34.8 Å². The number of amides is 1. The minimum absolute atomic E-state index is 0.141.